The van der Waals surface area contributed by atoms with Crippen molar-refractivity contribution in [2.75, 3.05) is 32.1 Å². The molecule has 2 aliphatic rings. The molecule has 13 nitrogen and oxygen atoms in total. The van der Waals surface area contributed by atoms with Crippen molar-refractivity contribution >= 4 is 18.5 Å². The van der Waals surface area contributed by atoms with Gasteiger partial charge in [-0.1, -0.05) is 12.8 Å². The number of amides is 1. The molecule has 2 fully saturated rings. The van der Waals surface area contributed by atoms with Gasteiger partial charge >= 0.3 is 0 Å². The van der Waals surface area contributed by atoms with Crippen LogP contribution in [0, 0.1) is 0 Å². The van der Waals surface area contributed by atoms with Gasteiger partial charge in [0.05, 0.1) is 13.2 Å². The Morgan fingerprint density at radius 3 is 2.08 bits per heavy atom. The normalized spacial score (nSPS) is 37.1. The fourth-order valence-corrected chi connectivity index (χ4v) is 4.18. The van der Waals surface area contributed by atoms with Crippen LogP contribution in [0.1, 0.15) is 38.5 Å². The number of aliphatic hydroxyl groups excluding tert-OH is 7. The second-order valence-electron chi connectivity index (χ2n) is 8.97. The Morgan fingerprint density at radius 2 is 1.42 bits per heavy atom. The third kappa shape index (κ3) is 8.99. The van der Waals surface area contributed by atoms with Crippen molar-refractivity contribution in [3.63, 3.8) is 0 Å². The summed E-state index contributed by atoms with van der Waals surface area (Å²) < 4.78 is 21.9. The molecule has 0 aromatic heterocycles. The van der Waals surface area contributed by atoms with Crippen LogP contribution in [-0.2, 0) is 23.7 Å². The minimum atomic E-state index is -1.73. The molecule has 14 heteroatoms. The molecule has 2 rings (SSSR count). The maximum atomic E-state index is 11.5. The summed E-state index contributed by atoms with van der Waals surface area (Å²) in [5, 5.41) is 73.0. The van der Waals surface area contributed by atoms with Crippen molar-refractivity contribution < 1.29 is 59.5 Å². The van der Waals surface area contributed by atoms with Gasteiger partial charge in [-0.3, -0.25) is 4.79 Å². The number of aliphatic hydroxyl groups is 7. The molecule has 10 atom stereocenters. The number of carbonyl (C=O) groups excluding carboxylic acids is 1. The lowest BCUT2D eigenvalue weighted by Crippen LogP contribution is -2.64. The van der Waals surface area contributed by atoms with E-state index in [1.807, 2.05) is 0 Å². The summed E-state index contributed by atoms with van der Waals surface area (Å²) in [6.07, 6.45) is -10.5. The molecule has 36 heavy (non-hydrogen) atoms. The molecule has 1 amide bonds. The highest BCUT2D eigenvalue weighted by Crippen LogP contribution is 2.29. The number of thiol groups is 1. The molecule has 2 aliphatic heterocycles. The summed E-state index contributed by atoms with van der Waals surface area (Å²) in [6.45, 7) is -0.486. The Labute approximate surface area is 215 Å². The van der Waals surface area contributed by atoms with Crippen molar-refractivity contribution in [3.05, 3.63) is 0 Å². The number of hydrogen-bond donors (Lipinski definition) is 9. The van der Waals surface area contributed by atoms with Gasteiger partial charge in [-0.15, -0.1) is 0 Å². The van der Waals surface area contributed by atoms with Crippen LogP contribution < -0.4 is 5.32 Å². The van der Waals surface area contributed by atoms with E-state index in [-0.39, 0.29) is 12.5 Å². The van der Waals surface area contributed by atoms with Crippen LogP contribution in [0.25, 0.3) is 0 Å². The standard InChI is InChI=1S/C22H41NO12S/c24-10-12-15(27)17(29)18(30)22(34-12)35-20-16(28)13(11-25)33-21(19(20)31)32-8-4-2-1-3-7-23-14(26)6-5-9-36/h12-13,15-22,24-25,27-31,36H,1-11H2,(H,23,26). The molecule has 0 radical (unpaired) electrons. The average Bonchev–Trinajstić information content (AvgIpc) is 2.87. The minimum absolute atomic E-state index is 0.0110. The monoisotopic (exact) mass is 543 g/mol. The van der Waals surface area contributed by atoms with E-state index >= 15 is 0 Å². The molecule has 0 aromatic rings. The zero-order valence-corrected chi connectivity index (χ0v) is 21.1. The average molecular weight is 544 g/mol. The van der Waals surface area contributed by atoms with Gasteiger partial charge in [0, 0.05) is 19.6 Å². The molecule has 2 heterocycles. The number of carbonyl (C=O) groups is 1. The Morgan fingerprint density at radius 1 is 0.778 bits per heavy atom. The zero-order chi connectivity index (χ0) is 26.7. The summed E-state index contributed by atoms with van der Waals surface area (Å²) in [5.74, 6) is 0.683. The van der Waals surface area contributed by atoms with Crippen molar-refractivity contribution in [2.24, 2.45) is 0 Å². The number of ether oxygens (including phenoxy) is 4. The molecule has 0 bridgehead atoms. The number of hydrogen-bond acceptors (Lipinski definition) is 13. The van der Waals surface area contributed by atoms with Crippen LogP contribution in [0.4, 0.5) is 0 Å². The zero-order valence-electron chi connectivity index (χ0n) is 20.2. The van der Waals surface area contributed by atoms with E-state index in [9.17, 15) is 40.5 Å². The van der Waals surface area contributed by atoms with Crippen molar-refractivity contribution in [3.8, 4) is 0 Å². The van der Waals surface area contributed by atoms with Crippen LogP contribution >= 0.6 is 12.6 Å². The first-order chi connectivity index (χ1) is 17.2. The van der Waals surface area contributed by atoms with Gasteiger partial charge in [-0.2, -0.15) is 12.6 Å². The van der Waals surface area contributed by atoms with E-state index in [2.05, 4.69) is 17.9 Å². The molecule has 2 saturated heterocycles. The van der Waals surface area contributed by atoms with Gasteiger partial charge in [-0.25, -0.2) is 0 Å². The molecular formula is C22H41NO12S. The van der Waals surface area contributed by atoms with Gasteiger partial charge in [0.2, 0.25) is 5.91 Å². The predicted molar refractivity (Wildman–Crippen MR) is 127 cm³/mol. The fraction of sp³-hybridized carbons (Fsp3) is 0.955. The first kappa shape index (κ1) is 31.6. The van der Waals surface area contributed by atoms with E-state index in [0.717, 1.165) is 25.7 Å². The minimum Gasteiger partial charge on any atom is -0.394 e. The second-order valence-corrected chi connectivity index (χ2v) is 9.41. The molecular weight excluding hydrogens is 502 g/mol. The highest BCUT2D eigenvalue weighted by atomic mass is 32.1. The summed E-state index contributed by atoms with van der Waals surface area (Å²) >= 11 is 4.07. The Kier molecular flexibility index (Phi) is 14.4. The van der Waals surface area contributed by atoms with Crippen molar-refractivity contribution in [1.82, 2.24) is 5.32 Å². The third-order valence-corrected chi connectivity index (χ3v) is 6.52. The van der Waals surface area contributed by atoms with E-state index in [1.165, 1.54) is 0 Å². The summed E-state index contributed by atoms with van der Waals surface area (Å²) in [4.78, 5) is 11.5. The lowest BCUT2D eigenvalue weighted by Gasteiger charge is -2.45. The van der Waals surface area contributed by atoms with Gasteiger partial charge in [0.15, 0.2) is 12.6 Å². The van der Waals surface area contributed by atoms with Crippen LogP contribution in [0.15, 0.2) is 0 Å². The predicted octanol–water partition coefficient (Wildman–Crippen LogP) is -2.99. The number of unbranched alkanes of at least 4 members (excludes halogenated alkanes) is 3. The van der Waals surface area contributed by atoms with Crippen molar-refractivity contribution in [2.45, 2.75) is 99.9 Å². The SMILES string of the molecule is O=C(CCCS)NCCCCCCOC1OC(CO)C(O)C(OC2OC(CO)C(O)C(O)C2O)C1O. The lowest BCUT2D eigenvalue weighted by atomic mass is 9.97. The third-order valence-electron chi connectivity index (χ3n) is 6.20. The van der Waals surface area contributed by atoms with Crippen molar-refractivity contribution in [1.29, 1.82) is 0 Å². The number of nitrogens with one attached hydrogen (secondary N) is 1. The highest BCUT2D eigenvalue weighted by Gasteiger charge is 2.50. The Bertz CT molecular complexity index is 632. The van der Waals surface area contributed by atoms with Gasteiger partial charge in [-0.05, 0) is 25.0 Å². The maximum Gasteiger partial charge on any atom is 0.220 e. The topological polar surface area (TPSA) is 208 Å². The molecule has 8 N–H and O–H groups in total. The van der Waals surface area contributed by atoms with E-state index in [4.69, 9.17) is 18.9 Å². The smallest absolute Gasteiger partial charge is 0.220 e. The van der Waals surface area contributed by atoms with E-state index in [1.54, 1.807) is 0 Å². The maximum absolute atomic E-state index is 11.5. The van der Waals surface area contributed by atoms with Crippen LogP contribution in [0.3, 0.4) is 0 Å². The number of rotatable bonds is 15. The lowest BCUT2D eigenvalue weighted by molar-refractivity contribution is -0.360. The van der Waals surface area contributed by atoms with Crippen LogP contribution in [0.5, 0.6) is 0 Å². The fourth-order valence-electron chi connectivity index (χ4n) is 4.02. The van der Waals surface area contributed by atoms with Gasteiger partial charge in [0.25, 0.3) is 0 Å². The summed E-state index contributed by atoms with van der Waals surface area (Å²) in [7, 11) is 0. The summed E-state index contributed by atoms with van der Waals surface area (Å²) in [6, 6.07) is 0. The Balaban J connectivity index is 1.80. The van der Waals surface area contributed by atoms with E-state index < -0.39 is 74.6 Å². The highest BCUT2D eigenvalue weighted by molar-refractivity contribution is 7.80. The van der Waals surface area contributed by atoms with Gasteiger partial charge < -0.3 is 60.0 Å². The summed E-state index contributed by atoms with van der Waals surface area (Å²) in [5.41, 5.74) is 0. The second kappa shape index (κ2) is 16.4. The first-order valence-electron chi connectivity index (χ1n) is 12.3. The van der Waals surface area contributed by atoms with E-state index in [0.29, 0.717) is 25.1 Å². The van der Waals surface area contributed by atoms with Crippen LogP contribution in [-0.4, -0.2) is 135 Å². The largest absolute Gasteiger partial charge is 0.394 e. The first-order valence-corrected chi connectivity index (χ1v) is 13.0. The molecule has 212 valence electrons. The quantitative estimate of drug-likeness (QED) is 0.0749. The Hall–Kier alpha value is -0.620. The molecule has 0 saturated carbocycles. The molecule has 0 aromatic carbocycles. The van der Waals surface area contributed by atoms with Crippen LogP contribution in [0.2, 0.25) is 0 Å². The van der Waals surface area contributed by atoms with Gasteiger partial charge in [0.1, 0.15) is 48.8 Å². The molecule has 10 unspecified atom stereocenters. The molecule has 0 spiro atoms. The molecule has 0 aliphatic carbocycles.